The summed E-state index contributed by atoms with van der Waals surface area (Å²) in [6.45, 7) is 4.92. The number of aryl methyl sites for hydroxylation is 2. The van der Waals surface area contributed by atoms with Crippen LogP contribution in [0, 0.1) is 13.8 Å². The summed E-state index contributed by atoms with van der Waals surface area (Å²) in [6, 6.07) is 10.2. The van der Waals surface area contributed by atoms with Crippen LogP contribution in [0.25, 0.3) is 10.9 Å². The van der Waals surface area contributed by atoms with E-state index in [9.17, 15) is 0 Å². The van der Waals surface area contributed by atoms with E-state index in [2.05, 4.69) is 34.3 Å². The molecule has 3 rings (SSSR count). The molecule has 3 nitrogen and oxygen atoms in total. The van der Waals surface area contributed by atoms with Gasteiger partial charge < -0.3 is 5.32 Å². The average Bonchev–Trinajstić information content (AvgIpc) is 2.74. The lowest BCUT2D eigenvalue weighted by Gasteiger charge is -2.08. The van der Waals surface area contributed by atoms with Crippen LogP contribution in [0.5, 0.6) is 0 Å². The van der Waals surface area contributed by atoms with Crippen molar-refractivity contribution in [2.75, 3.05) is 5.32 Å². The van der Waals surface area contributed by atoms with Crippen LogP contribution < -0.4 is 5.32 Å². The fourth-order valence-electron chi connectivity index (χ4n) is 2.17. The van der Waals surface area contributed by atoms with Crippen molar-refractivity contribution in [1.29, 1.82) is 0 Å². The van der Waals surface area contributed by atoms with Gasteiger partial charge in [0.2, 0.25) is 0 Å². The molecule has 0 spiro atoms. The summed E-state index contributed by atoms with van der Waals surface area (Å²) in [5.74, 6) is 0. The zero-order chi connectivity index (χ0) is 13.2. The van der Waals surface area contributed by atoms with E-state index in [1.165, 1.54) is 4.88 Å². The Morgan fingerprint density at radius 2 is 2.05 bits per heavy atom. The van der Waals surface area contributed by atoms with E-state index in [0.717, 1.165) is 33.8 Å². The molecular formula is C15H15N3S. The van der Waals surface area contributed by atoms with Crippen LogP contribution in [-0.4, -0.2) is 9.97 Å². The zero-order valence-electron chi connectivity index (χ0n) is 11.0. The lowest BCUT2D eigenvalue weighted by atomic mass is 10.2. The van der Waals surface area contributed by atoms with Gasteiger partial charge in [-0.2, -0.15) is 0 Å². The molecule has 0 radical (unpaired) electrons. The minimum absolute atomic E-state index is 0.811. The van der Waals surface area contributed by atoms with Gasteiger partial charge in [0.1, 0.15) is 0 Å². The van der Waals surface area contributed by atoms with E-state index < -0.39 is 0 Å². The highest BCUT2D eigenvalue weighted by atomic mass is 32.1. The van der Waals surface area contributed by atoms with Crippen molar-refractivity contribution in [3.8, 4) is 0 Å². The predicted molar refractivity (Wildman–Crippen MR) is 80.7 cm³/mol. The molecule has 1 aromatic carbocycles. The predicted octanol–water partition coefficient (Wildman–Crippen LogP) is 3.92. The average molecular weight is 269 g/mol. The summed E-state index contributed by atoms with van der Waals surface area (Å²) >= 11 is 1.75. The number of nitrogens with one attached hydrogen (secondary N) is 1. The third kappa shape index (κ3) is 2.44. The molecular weight excluding hydrogens is 254 g/mol. The summed E-state index contributed by atoms with van der Waals surface area (Å²) < 4.78 is 0. The Hall–Kier alpha value is -1.94. The smallest absolute Gasteiger partial charge is 0.0900 e. The maximum atomic E-state index is 4.45. The van der Waals surface area contributed by atoms with Crippen LogP contribution in [0.1, 0.15) is 15.6 Å². The highest BCUT2D eigenvalue weighted by Crippen LogP contribution is 2.24. The van der Waals surface area contributed by atoms with Crippen molar-refractivity contribution in [2.24, 2.45) is 0 Å². The number of fused-ring (bicyclic) bond motifs is 1. The number of thiazole rings is 1. The first-order chi connectivity index (χ1) is 9.24. The molecule has 0 saturated heterocycles. The van der Waals surface area contributed by atoms with Crippen molar-refractivity contribution in [3.63, 3.8) is 0 Å². The van der Waals surface area contributed by atoms with Crippen LogP contribution in [0.2, 0.25) is 0 Å². The summed E-state index contributed by atoms with van der Waals surface area (Å²) in [7, 11) is 0. The maximum absolute atomic E-state index is 4.45. The molecule has 0 atom stereocenters. The summed E-state index contributed by atoms with van der Waals surface area (Å²) in [6.07, 6.45) is 1.82. The second-order valence-electron chi connectivity index (χ2n) is 4.47. The molecule has 0 aliphatic rings. The number of hydrogen-bond acceptors (Lipinski definition) is 4. The van der Waals surface area contributed by atoms with Crippen molar-refractivity contribution in [2.45, 2.75) is 20.4 Å². The quantitative estimate of drug-likeness (QED) is 0.783. The summed E-state index contributed by atoms with van der Waals surface area (Å²) in [4.78, 5) is 10.1. The van der Waals surface area contributed by atoms with Crippen LogP contribution in [0.4, 0.5) is 5.69 Å². The lowest BCUT2D eigenvalue weighted by Crippen LogP contribution is -1.99. The van der Waals surface area contributed by atoms with Gasteiger partial charge in [-0.25, -0.2) is 4.98 Å². The molecule has 19 heavy (non-hydrogen) atoms. The standard InChI is InChI=1S/C15H15N3S/c1-10-15(19-11(2)18-10)9-17-14-7-3-6-13-12(14)5-4-8-16-13/h3-8,17H,9H2,1-2H3. The highest BCUT2D eigenvalue weighted by Gasteiger charge is 2.06. The number of anilines is 1. The minimum atomic E-state index is 0.811. The number of pyridine rings is 1. The Balaban J connectivity index is 1.88. The maximum Gasteiger partial charge on any atom is 0.0900 e. The number of rotatable bonds is 3. The number of benzene rings is 1. The molecule has 4 heteroatoms. The molecule has 2 heterocycles. The van der Waals surface area contributed by atoms with Crippen molar-refractivity contribution < 1.29 is 0 Å². The normalized spacial score (nSPS) is 10.8. The Morgan fingerprint density at radius 1 is 1.16 bits per heavy atom. The fourth-order valence-corrected chi connectivity index (χ4v) is 3.05. The fraction of sp³-hybridized carbons (Fsp3) is 0.200. The van der Waals surface area contributed by atoms with Gasteiger partial charge >= 0.3 is 0 Å². The van der Waals surface area contributed by atoms with Gasteiger partial charge in [0.15, 0.2) is 0 Å². The van der Waals surface area contributed by atoms with E-state index in [0.29, 0.717) is 0 Å². The first kappa shape index (κ1) is 12.1. The third-order valence-electron chi connectivity index (χ3n) is 3.08. The van der Waals surface area contributed by atoms with E-state index in [-0.39, 0.29) is 0 Å². The topological polar surface area (TPSA) is 37.8 Å². The molecule has 0 fully saturated rings. The molecule has 0 unspecified atom stereocenters. The second kappa shape index (κ2) is 4.97. The molecule has 1 N–H and O–H groups in total. The van der Waals surface area contributed by atoms with Crippen LogP contribution >= 0.6 is 11.3 Å². The monoisotopic (exact) mass is 269 g/mol. The molecule has 0 aliphatic carbocycles. The van der Waals surface area contributed by atoms with Gasteiger partial charge in [-0.1, -0.05) is 6.07 Å². The number of aromatic nitrogens is 2. The van der Waals surface area contributed by atoms with Gasteiger partial charge in [0.25, 0.3) is 0 Å². The van der Waals surface area contributed by atoms with Gasteiger partial charge in [0.05, 0.1) is 22.8 Å². The van der Waals surface area contributed by atoms with Crippen LogP contribution in [0.15, 0.2) is 36.5 Å². The highest BCUT2D eigenvalue weighted by molar-refractivity contribution is 7.11. The molecule has 2 aromatic heterocycles. The van der Waals surface area contributed by atoms with Gasteiger partial charge in [-0.3, -0.25) is 4.98 Å². The van der Waals surface area contributed by atoms with Crippen molar-refractivity contribution in [1.82, 2.24) is 9.97 Å². The Kier molecular flexibility index (Phi) is 3.17. The van der Waals surface area contributed by atoms with E-state index in [1.54, 1.807) is 11.3 Å². The molecule has 3 aromatic rings. The summed E-state index contributed by atoms with van der Waals surface area (Å²) in [5, 5.41) is 5.76. The molecule has 96 valence electrons. The Labute approximate surface area is 116 Å². The van der Waals surface area contributed by atoms with Crippen LogP contribution in [-0.2, 0) is 6.54 Å². The van der Waals surface area contributed by atoms with E-state index in [1.807, 2.05) is 31.3 Å². The van der Waals surface area contributed by atoms with Gasteiger partial charge in [-0.05, 0) is 38.1 Å². The van der Waals surface area contributed by atoms with Crippen molar-refractivity contribution in [3.05, 3.63) is 52.1 Å². The molecule has 0 aliphatic heterocycles. The van der Waals surface area contributed by atoms with E-state index in [4.69, 9.17) is 0 Å². The first-order valence-electron chi connectivity index (χ1n) is 6.24. The van der Waals surface area contributed by atoms with Gasteiger partial charge in [-0.15, -0.1) is 11.3 Å². The third-order valence-corrected chi connectivity index (χ3v) is 4.16. The Bertz CT molecular complexity index is 713. The van der Waals surface area contributed by atoms with Gasteiger partial charge in [0, 0.05) is 22.1 Å². The first-order valence-corrected chi connectivity index (χ1v) is 7.06. The molecule has 0 amide bonds. The number of nitrogens with zero attached hydrogens (tertiary/aromatic N) is 2. The van der Waals surface area contributed by atoms with Crippen molar-refractivity contribution >= 4 is 27.9 Å². The van der Waals surface area contributed by atoms with Crippen LogP contribution in [0.3, 0.4) is 0 Å². The molecule has 0 bridgehead atoms. The largest absolute Gasteiger partial charge is 0.380 e. The van der Waals surface area contributed by atoms with E-state index >= 15 is 0 Å². The Morgan fingerprint density at radius 3 is 2.84 bits per heavy atom. The number of hydrogen-bond donors (Lipinski definition) is 1. The lowest BCUT2D eigenvalue weighted by molar-refractivity contribution is 1.11. The summed E-state index contributed by atoms with van der Waals surface area (Å²) in [5.41, 5.74) is 3.26. The minimum Gasteiger partial charge on any atom is -0.380 e. The second-order valence-corrected chi connectivity index (χ2v) is 5.76. The zero-order valence-corrected chi connectivity index (χ0v) is 11.8. The SMILES string of the molecule is Cc1nc(C)c(CNc2cccc3ncccc23)s1. The molecule has 0 saturated carbocycles.